The number of urea groups is 1. The number of imide groups is 1. The highest BCUT2D eigenvalue weighted by Gasteiger charge is 2.25. The van der Waals surface area contributed by atoms with E-state index in [4.69, 9.17) is 11.6 Å². The number of carbonyl (C=O) groups excluding carboxylic acids is 2. The lowest BCUT2D eigenvalue weighted by atomic mass is 10.2. The molecule has 2 fully saturated rings. The van der Waals surface area contributed by atoms with Crippen LogP contribution in [0.3, 0.4) is 0 Å². The SMILES string of the molecule is O=C1NC(=O)/C(=C/c2cnn3c(NC4CC4)cc(Nc4cncc(Cl)c4)nc23)N1. The molecular formula is C18H15ClN8O2. The lowest BCUT2D eigenvalue weighted by Crippen LogP contribution is -2.22. The first kappa shape index (κ1) is 17.4. The third-order valence-corrected chi connectivity index (χ3v) is 4.63. The molecule has 1 saturated heterocycles. The van der Waals surface area contributed by atoms with Crippen LogP contribution in [-0.2, 0) is 4.79 Å². The van der Waals surface area contributed by atoms with E-state index in [1.54, 1.807) is 35.2 Å². The molecule has 1 aliphatic heterocycles. The van der Waals surface area contributed by atoms with Crippen LogP contribution >= 0.6 is 11.6 Å². The van der Waals surface area contributed by atoms with Gasteiger partial charge in [0.25, 0.3) is 5.91 Å². The van der Waals surface area contributed by atoms with Gasteiger partial charge in [-0.2, -0.15) is 9.61 Å². The van der Waals surface area contributed by atoms with Gasteiger partial charge in [0.1, 0.15) is 17.3 Å². The van der Waals surface area contributed by atoms with Gasteiger partial charge in [0.15, 0.2) is 5.65 Å². The van der Waals surface area contributed by atoms with E-state index in [1.807, 2.05) is 6.07 Å². The summed E-state index contributed by atoms with van der Waals surface area (Å²) in [5.41, 5.74) is 1.94. The Labute approximate surface area is 169 Å². The van der Waals surface area contributed by atoms with Gasteiger partial charge in [-0.1, -0.05) is 11.6 Å². The molecular weight excluding hydrogens is 396 g/mol. The second-order valence-electron chi connectivity index (χ2n) is 6.76. The summed E-state index contributed by atoms with van der Waals surface area (Å²) in [5, 5.41) is 16.2. The lowest BCUT2D eigenvalue weighted by molar-refractivity contribution is -0.115. The number of halogens is 1. The number of nitrogens with one attached hydrogen (secondary N) is 4. The third-order valence-electron chi connectivity index (χ3n) is 4.43. The van der Waals surface area contributed by atoms with E-state index in [-0.39, 0.29) is 5.70 Å². The quantitative estimate of drug-likeness (QED) is 0.375. The van der Waals surface area contributed by atoms with Crippen LogP contribution in [-0.4, -0.2) is 37.6 Å². The van der Waals surface area contributed by atoms with Gasteiger partial charge in [0.2, 0.25) is 0 Å². The van der Waals surface area contributed by atoms with Gasteiger partial charge in [-0.15, -0.1) is 0 Å². The minimum absolute atomic E-state index is 0.140. The van der Waals surface area contributed by atoms with Crippen LogP contribution < -0.4 is 21.3 Å². The molecule has 3 aromatic heterocycles. The summed E-state index contributed by atoms with van der Waals surface area (Å²) < 4.78 is 1.67. The lowest BCUT2D eigenvalue weighted by Gasteiger charge is -2.11. The molecule has 11 heteroatoms. The number of hydrogen-bond donors (Lipinski definition) is 4. The molecule has 2 aliphatic rings. The van der Waals surface area contributed by atoms with Crippen molar-refractivity contribution in [3.63, 3.8) is 0 Å². The van der Waals surface area contributed by atoms with Crippen LogP contribution in [0.1, 0.15) is 18.4 Å². The first-order valence-corrected chi connectivity index (χ1v) is 9.30. The van der Waals surface area contributed by atoms with Crippen LogP contribution in [0.25, 0.3) is 11.7 Å². The van der Waals surface area contributed by atoms with Gasteiger partial charge in [-0.3, -0.25) is 15.1 Å². The van der Waals surface area contributed by atoms with Gasteiger partial charge < -0.3 is 16.0 Å². The summed E-state index contributed by atoms with van der Waals surface area (Å²) in [5.74, 6) is 0.828. The summed E-state index contributed by atoms with van der Waals surface area (Å²) in [6.45, 7) is 0. The van der Waals surface area contributed by atoms with Gasteiger partial charge in [-0.05, 0) is 25.0 Å². The number of fused-ring (bicyclic) bond motifs is 1. The van der Waals surface area contributed by atoms with Crippen molar-refractivity contribution in [3.8, 4) is 0 Å². The molecule has 10 nitrogen and oxygen atoms in total. The maximum absolute atomic E-state index is 11.9. The number of hydrogen-bond acceptors (Lipinski definition) is 7. The Balaban J connectivity index is 1.57. The first-order valence-electron chi connectivity index (χ1n) is 8.92. The standard InChI is InChI=1S/C18H15ClN8O2/c19-10-4-12(8-20-7-10)22-14-5-15(23-11-1-2-11)27-16(25-14)9(6-21-27)3-13-17(28)26-18(29)24-13/h3-8,11,23H,1-2H2,(H,22,25)(H2,24,26,28,29)/b13-3-. The predicted molar refractivity (Wildman–Crippen MR) is 107 cm³/mol. The number of carbonyl (C=O) groups is 2. The highest BCUT2D eigenvalue weighted by atomic mass is 35.5. The van der Waals surface area contributed by atoms with Crippen LogP contribution in [0.5, 0.6) is 0 Å². The Morgan fingerprint density at radius 3 is 2.76 bits per heavy atom. The van der Waals surface area contributed by atoms with Crippen LogP contribution in [0.4, 0.5) is 22.1 Å². The van der Waals surface area contributed by atoms with Gasteiger partial charge in [0.05, 0.1) is 23.1 Å². The van der Waals surface area contributed by atoms with Gasteiger partial charge in [0, 0.05) is 23.9 Å². The van der Waals surface area contributed by atoms with E-state index in [0.29, 0.717) is 33.8 Å². The fraction of sp³-hybridized carbons (Fsp3) is 0.167. The summed E-state index contributed by atoms with van der Waals surface area (Å²) in [6.07, 6.45) is 8.51. The molecule has 0 aromatic carbocycles. The van der Waals surface area contributed by atoms with E-state index in [9.17, 15) is 9.59 Å². The molecule has 0 atom stereocenters. The van der Waals surface area contributed by atoms with Gasteiger partial charge >= 0.3 is 6.03 Å². The van der Waals surface area contributed by atoms with Crippen molar-refractivity contribution in [2.24, 2.45) is 0 Å². The zero-order chi connectivity index (χ0) is 20.0. The highest BCUT2D eigenvalue weighted by Crippen LogP contribution is 2.28. The maximum atomic E-state index is 11.9. The van der Waals surface area contributed by atoms with Crippen molar-refractivity contribution < 1.29 is 9.59 Å². The van der Waals surface area contributed by atoms with Crippen LogP contribution in [0, 0.1) is 0 Å². The number of anilines is 3. The Morgan fingerprint density at radius 1 is 1.17 bits per heavy atom. The molecule has 1 saturated carbocycles. The van der Waals surface area contributed by atoms with Crippen molar-refractivity contribution in [3.05, 3.63) is 47.0 Å². The molecule has 4 N–H and O–H groups in total. The molecule has 3 aromatic rings. The summed E-state index contributed by atoms with van der Waals surface area (Å²) in [6, 6.07) is 3.43. The summed E-state index contributed by atoms with van der Waals surface area (Å²) in [4.78, 5) is 31.9. The van der Waals surface area contributed by atoms with E-state index in [0.717, 1.165) is 18.7 Å². The molecule has 5 rings (SSSR count). The van der Waals surface area contributed by atoms with Crippen molar-refractivity contribution >= 4 is 52.6 Å². The van der Waals surface area contributed by atoms with Crippen LogP contribution in [0.15, 0.2) is 36.4 Å². The van der Waals surface area contributed by atoms with E-state index >= 15 is 0 Å². The second kappa shape index (κ2) is 6.74. The van der Waals surface area contributed by atoms with E-state index < -0.39 is 11.9 Å². The third kappa shape index (κ3) is 3.57. The maximum Gasteiger partial charge on any atom is 0.326 e. The Hall–Kier alpha value is -3.66. The average molecular weight is 411 g/mol. The molecule has 29 heavy (non-hydrogen) atoms. The van der Waals surface area contributed by atoms with Crippen molar-refractivity contribution in [2.75, 3.05) is 10.6 Å². The smallest absolute Gasteiger partial charge is 0.326 e. The second-order valence-corrected chi connectivity index (χ2v) is 7.20. The van der Waals surface area contributed by atoms with Crippen molar-refractivity contribution in [1.82, 2.24) is 30.2 Å². The summed E-state index contributed by atoms with van der Waals surface area (Å²) in [7, 11) is 0. The minimum atomic E-state index is -0.558. The van der Waals surface area contributed by atoms with Gasteiger partial charge in [-0.25, -0.2) is 9.78 Å². The Morgan fingerprint density at radius 2 is 2.03 bits per heavy atom. The molecule has 146 valence electrons. The highest BCUT2D eigenvalue weighted by molar-refractivity contribution is 6.30. The molecule has 3 amide bonds. The number of pyridine rings is 1. The zero-order valence-electron chi connectivity index (χ0n) is 14.9. The van der Waals surface area contributed by atoms with Crippen LogP contribution in [0.2, 0.25) is 5.02 Å². The normalized spacial score (nSPS) is 17.5. The molecule has 0 unspecified atom stereocenters. The number of aromatic nitrogens is 4. The minimum Gasteiger partial charge on any atom is -0.367 e. The number of nitrogens with zero attached hydrogens (tertiary/aromatic N) is 4. The largest absolute Gasteiger partial charge is 0.367 e. The van der Waals surface area contributed by atoms with E-state index in [2.05, 4.69) is 36.3 Å². The first-order chi connectivity index (χ1) is 14.0. The fourth-order valence-corrected chi connectivity index (χ4v) is 3.13. The molecule has 1 aliphatic carbocycles. The monoisotopic (exact) mass is 410 g/mol. The summed E-state index contributed by atoms with van der Waals surface area (Å²) >= 11 is 6.01. The van der Waals surface area contributed by atoms with E-state index in [1.165, 1.54) is 0 Å². The molecule has 4 heterocycles. The topological polar surface area (TPSA) is 125 Å². The average Bonchev–Trinajstić information content (AvgIpc) is 3.31. The number of rotatable bonds is 5. The molecule has 0 bridgehead atoms. The Kier molecular flexibility index (Phi) is 4.06. The zero-order valence-corrected chi connectivity index (χ0v) is 15.7. The predicted octanol–water partition coefficient (Wildman–Crippen LogP) is 2.28. The Bertz CT molecular complexity index is 1180. The number of amides is 3. The van der Waals surface area contributed by atoms with Crippen molar-refractivity contribution in [2.45, 2.75) is 18.9 Å². The van der Waals surface area contributed by atoms with Crippen molar-refractivity contribution in [1.29, 1.82) is 0 Å². The molecule has 0 spiro atoms. The molecule has 0 radical (unpaired) electrons. The fourth-order valence-electron chi connectivity index (χ4n) is 2.95.